The zero-order chi connectivity index (χ0) is 15.4. The van der Waals surface area contributed by atoms with E-state index in [1.807, 2.05) is 12.4 Å². The fraction of sp³-hybridized carbons (Fsp3) is 0.625. The molecule has 3 N–H and O–H groups in total. The number of aromatic nitrogens is 1. The maximum absolute atomic E-state index is 12.1. The molecule has 1 amide bonds. The lowest BCUT2D eigenvalue weighted by atomic mass is 9.92. The Kier molecular flexibility index (Phi) is 5.02. The molecule has 3 rings (SSSR count). The van der Waals surface area contributed by atoms with Crippen LogP contribution in [0.25, 0.3) is 0 Å². The Balaban J connectivity index is 1.61. The van der Waals surface area contributed by atoms with Gasteiger partial charge in [0.15, 0.2) is 0 Å². The molecule has 0 aliphatic carbocycles. The van der Waals surface area contributed by atoms with E-state index in [9.17, 15) is 4.79 Å². The van der Waals surface area contributed by atoms with E-state index >= 15 is 0 Å². The second-order valence-electron chi connectivity index (χ2n) is 6.12. The van der Waals surface area contributed by atoms with E-state index in [0.717, 1.165) is 25.9 Å². The van der Waals surface area contributed by atoms with Crippen molar-refractivity contribution < 1.29 is 4.79 Å². The Morgan fingerprint density at radius 1 is 1.45 bits per heavy atom. The average molecular weight is 303 g/mol. The Hall–Kier alpha value is -1.50. The van der Waals surface area contributed by atoms with Gasteiger partial charge in [0.05, 0.1) is 5.92 Å². The largest absolute Gasteiger partial charge is 0.359 e. The van der Waals surface area contributed by atoms with Gasteiger partial charge < -0.3 is 5.32 Å². The first-order valence-corrected chi connectivity index (χ1v) is 8.12. The summed E-state index contributed by atoms with van der Waals surface area (Å²) in [6.45, 7) is 2.86. The second kappa shape index (κ2) is 7.17. The Morgan fingerprint density at radius 2 is 2.27 bits per heavy atom. The highest BCUT2D eigenvalue weighted by molar-refractivity contribution is 5.79. The predicted octanol–water partition coefficient (Wildman–Crippen LogP) is -0.0729. The molecule has 3 unspecified atom stereocenters. The summed E-state index contributed by atoms with van der Waals surface area (Å²) in [6, 6.07) is 4.78. The molecule has 0 bridgehead atoms. The third-order valence-corrected chi connectivity index (χ3v) is 4.87. The van der Waals surface area contributed by atoms with Crippen LogP contribution >= 0.6 is 0 Å². The molecule has 2 aliphatic rings. The first kappa shape index (κ1) is 15.4. The van der Waals surface area contributed by atoms with E-state index in [0.29, 0.717) is 12.6 Å². The van der Waals surface area contributed by atoms with Crippen molar-refractivity contribution in [3.05, 3.63) is 30.1 Å². The van der Waals surface area contributed by atoms with Gasteiger partial charge in [0, 0.05) is 44.6 Å². The van der Waals surface area contributed by atoms with Crippen molar-refractivity contribution in [1.82, 2.24) is 26.1 Å². The fourth-order valence-corrected chi connectivity index (χ4v) is 3.68. The highest BCUT2D eigenvalue weighted by Gasteiger charge is 2.41. The molecule has 3 heterocycles. The number of nitrogens with zero attached hydrogens (tertiary/aromatic N) is 2. The van der Waals surface area contributed by atoms with Gasteiger partial charge in [-0.25, -0.2) is 0 Å². The molecular weight excluding hydrogens is 278 g/mol. The van der Waals surface area contributed by atoms with Crippen LogP contribution < -0.4 is 16.2 Å². The van der Waals surface area contributed by atoms with E-state index in [2.05, 4.69) is 38.2 Å². The monoisotopic (exact) mass is 303 g/mol. The van der Waals surface area contributed by atoms with Crippen LogP contribution in [0.4, 0.5) is 0 Å². The molecule has 0 aromatic carbocycles. The van der Waals surface area contributed by atoms with E-state index < -0.39 is 0 Å². The van der Waals surface area contributed by atoms with Gasteiger partial charge >= 0.3 is 0 Å². The van der Waals surface area contributed by atoms with Gasteiger partial charge in [-0.15, -0.1) is 0 Å². The van der Waals surface area contributed by atoms with Crippen LogP contribution in [0.15, 0.2) is 24.5 Å². The molecule has 0 radical (unpaired) electrons. The standard InChI is InChI=1S/C16H25N5O/c1-17-16(22)13-11-19-20-15(13)14-3-2-9-21(14)10-6-12-4-7-18-8-5-12/h4-5,7-8,13-15,19-20H,2-3,6,9-11H2,1H3,(H,17,22). The molecular formula is C16H25N5O. The number of pyridine rings is 1. The summed E-state index contributed by atoms with van der Waals surface area (Å²) in [5, 5.41) is 2.79. The SMILES string of the molecule is CNC(=O)C1CNNC1C1CCCN1CCc1ccncc1. The topological polar surface area (TPSA) is 69.3 Å². The molecule has 22 heavy (non-hydrogen) atoms. The molecule has 2 fully saturated rings. The number of likely N-dealkylation sites (tertiary alicyclic amines) is 1. The number of amides is 1. The minimum absolute atomic E-state index is 0.0107. The first-order chi connectivity index (χ1) is 10.8. The molecule has 0 spiro atoms. The minimum atomic E-state index is 0.0107. The molecule has 6 nitrogen and oxygen atoms in total. The lowest BCUT2D eigenvalue weighted by Gasteiger charge is -2.31. The Bertz CT molecular complexity index is 495. The quantitative estimate of drug-likeness (QED) is 0.710. The van der Waals surface area contributed by atoms with Crippen molar-refractivity contribution in [2.75, 3.05) is 26.7 Å². The van der Waals surface area contributed by atoms with E-state index in [-0.39, 0.29) is 17.9 Å². The number of carbonyl (C=O) groups is 1. The number of rotatable bonds is 5. The van der Waals surface area contributed by atoms with Gasteiger partial charge in [0.25, 0.3) is 0 Å². The van der Waals surface area contributed by atoms with E-state index in [4.69, 9.17) is 0 Å². The summed E-state index contributed by atoms with van der Waals surface area (Å²) in [6.07, 6.45) is 7.09. The van der Waals surface area contributed by atoms with Crippen LogP contribution in [0, 0.1) is 5.92 Å². The van der Waals surface area contributed by atoms with Crippen molar-refractivity contribution in [2.24, 2.45) is 5.92 Å². The second-order valence-corrected chi connectivity index (χ2v) is 6.12. The number of nitrogens with one attached hydrogen (secondary N) is 3. The van der Waals surface area contributed by atoms with Gasteiger partial charge in [-0.3, -0.25) is 25.5 Å². The van der Waals surface area contributed by atoms with Crippen LogP contribution in [-0.2, 0) is 11.2 Å². The summed E-state index contributed by atoms with van der Waals surface area (Å²) in [5.74, 6) is 0.139. The summed E-state index contributed by atoms with van der Waals surface area (Å²) >= 11 is 0. The summed E-state index contributed by atoms with van der Waals surface area (Å²) in [4.78, 5) is 18.6. The summed E-state index contributed by atoms with van der Waals surface area (Å²) < 4.78 is 0. The van der Waals surface area contributed by atoms with Gasteiger partial charge in [-0.1, -0.05) is 0 Å². The number of hydrogen-bond acceptors (Lipinski definition) is 5. The first-order valence-electron chi connectivity index (χ1n) is 8.12. The Labute approximate surface area is 131 Å². The molecule has 0 saturated carbocycles. The van der Waals surface area contributed by atoms with Crippen molar-refractivity contribution in [3.8, 4) is 0 Å². The van der Waals surface area contributed by atoms with Crippen LogP contribution in [-0.4, -0.2) is 54.6 Å². The van der Waals surface area contributed by atoms with Gasteiger partial charge in [0.2, 0.25) is 5.91 Å². The van der Waals surface area contributed by atoms with Crippen molar-refractivity contribution in [1.29, 1.82) is 0 Å². The maximum Gasteiger partial charge on any atom is 0.225 e. The van der Waals surface area contributed by atoms with Crippen molar-refractivity contribution >= 4 is 5.91 Å². The predicted molar refractivity (Wildman–Crippen MR) is 85.0 cm³/mol. The highest BCUT2D eigenvalue weighted by Crippen LogP contribution is 2.26. The number of carbonyl (C=O) groups excluding carboxylic acids is 1. The molecule has 2 saturated heterocycles. The van der Waals surface area contributed by atoms with E-state index in [1.165, 1.54) is 12.0 Å². The maximum atomic E-state index is 12.1. The average Bonchev–Trinajstić information content (AvgIpc) is 3.21. The van der Waals surface area contributed by atoms with Gasteiger partial charge in [-0.05, 0) is 43.5 Å². The molecule has 3 atom stereocenters. The fourth-order valence-electron chi connectivity index (χ4n) is 3.68. The van der Waals surface area contributed by atoms with Gasteiger partial charge in [-0.2, -0.15) is 0 Å². The summed E-state index contributed by atoms with van der Waals surface area (Å²) in [5.41, 5.74) is 7.81. The molecule has 2 aliphatic heterocycles. The van der Waals surface area contributed by atoms with Crippen LogP contribution in [0.2, 0.25) is 0 Å². The van der Waals surface area contributed by atoms with Gasteiger partial charge in [0.1, 0.15) is 0 Å². The van der Waals surface area contributed by atoms with Crippen LogP contribution in [0.3, 0.4) is 0 Å². The zero-order valence-corrected chi connectivity index (χ0v) is 13.1. The molecule has 1 aromatic heterocycles. The zero-order valence-electron chi connectivity index (χ0n) is 13.1. The van der Waals surface area contributed by atoms with Crippen molar-refractivity contribution in [3.63, 3.8) is 0 Å². The number of hydrazine groups is 1. The molecule has 6 heteroatoms. The highest BCUT2D eigenvalue weighted by atomic mass is 16.2. The van der Waals surface area contributed by atoms with E-state index in [1.54, 1.807) is 7.05 Å². The summed E-state index contributed by atoms with van der Waals surface area (Å²) in [7, 11) is 1.72. The van der Waals surface area contributed by atoms with Crippen molar-refractivity contribution in [2.45, 2.75) is 31.3 Å². The molecule has 1 aromatic rings. The van der Waals surface area contributed by atoms with Crippen LogP contribution in [0.5, 0.6) is 0 Å². The normalized spacial score (nSPS) is 28.9. The third-order valence-electron chi connectivity index (χ3n) is 4.87. The lowest BCUT2D eigenvalue weighted by Crippen LogP contribution is -2.51. The smallest absolute Gasteiger partial charge is 0.225 e. The van der Waals surface area contributed by atoms with Crippen LogP contribution in [0.1, 0.15) is 18.4 Å². The lowest BCUT2D eigenvalue weighted by molar-refractivity contribution is -0.124. The Morgan fingerprint density at radius 3 is 3.05 bits per heavy atom. The minimum Gasteiger partial charge on any atom is -0.359 e. The number of hydrogen-bond donors (Lipinski definition) is 3. The molecule has 120 valence electrons. The third kappa shape index (κ3) is 3.29.